The molecule has 0 aliphatic rings. The summed E-state index contributed by atoms with van der Waals surface area (Å²) in [4.78, 5) is 38.0. The SMILES string of the molecule is CC(=O)N(c1nc(COC(=O)c2nccnc2N)cs1)c1c(C)cc(C)cc1Cl. The van der Waals surface area contributed by atoms with Crippen molar-refractivity contribution in [1.29, 1.82) is 0 Å². The number of nitrogens with two attached hydrogens (primary N) is 1. The van der Waals surface area contributed by atoms with Gasteiger partial charge in [-0.2, -0.15) is 0 Å². The van der Waals surface area contributed by atoms with Gasteiger partial charge >= 0.3 is 5.97 Å². The highest BCUT2D eigenvalue weighted by Crippen LogP contribution is 2.37. The molecule has 0 aliphatic carbocycles. The molecular weight excluding hydrogens is 414 g/mol. The molecule has 0 bridgehead atoms. The van der Waals surface area contributed by atoms with Crippen molar-refractivity contribution in [2.75, 3.05) is 10.6 Å². The van der Waals surface area contributed by atoms with Crippen LogP contribution < -0.4 is 10.6 Å². The van der Waals surface area contributed by atoms with Gasteiger partial charge in [-0.1, -0.05) is 17.7 Å². The summed E-state index contributed by atoms with van der Waals surface area (Å²) in [5.74, 6) is -0.946. The lowest BCUT2D eigenvalue weighted by Crippen LogP contribution is -2.24. The van der Waals surface area contributed by atoms with Crippen LogP contribution in [0.15, 0.2) is 29.9 Å². The van der Waals surface area contributed by atoms with Crippen LogP contribution in [0, 0.1) is 13.8 Å². The maximum Gasteiger partial charge on any atom is 0.361 e. The van der Waals surface area contributed by atoms with Gasteiger partial charge < -0.3 is 10.5 Å². The summed E-state index contributed by atoms with van der Waals surface area (Å²) in [7, 11) is 0. The summed E-state index contributed by atoms with van der Waals surface area (Å²) >= 11 is 7.65. The maximum absolute atomic E-state index is 12.4. The molecule has 0 radical (unpaired) electrons. The number of esters is 1. The minimum absolute atomic E-state index is 0.0105. The minimum Gasteiger partial charge on any atom is -0.454 e. The Morgan fingerprint density at radius 1 is 1.24 bits per heavy atom. The molecular formula is C19H18ClN5O3S. The molecule has 1 aromatic carbocycles. The van der Waals surface area contributed by atoms with Gasteiger partial charge in [-0.05, 0) is 31.0 Å². The standard InChI is InChI=1S/C19H18ClN5O3S/c1-10-6-11(2)16(14(20)7-10)25(12(3)26)19-24-13(9-29-19)8-28-18(27)15-17(21)23-5-4-22-15/h4-7,9H,8H2,1-3H3,(H2,21,23). The highest BCUT2D eigenvalue weighted by atomic mass is 35.5. The average molecular weight is 432 g/mol. The Morgan fingerprint density at radius 3 is 2.62 bits per heavy atom. The van der Waals surface area contributed by atoms with E-state index >= 15 is 0 Å². The van der Waals surface area contributed by atoms with Crippen molar-refractivity contribution >= 4 is 51.5 Å². The van der Waals surface area contributed by atoms with Crippen LogP contribution in [-0.4, -0.2) is 26.8 Å². The summed E-state index contributed by atoms with van der Waals surface area (Å²) in [5, 5.41) is 2.59. The number of thiazole rings is 1. The molecule has 8 nitrogen and oxygen atoms in total. The zero-order valence-corrected chi connectivity index (χ0v) is 17.5. The smallest absolute Gasteiger partial charge is 0.361 e. The van der Waals surface area contributed by atoms with Gasteiger partial charge in [0, 0.05) is 24.7 Å². The molecule has 0 saturated carbocycles. The Kier molecular flexibility index (Phi) is 6.09. The van der Waals surface area contributed by atoms with E-state index in [-0.39, 0.29) is 24.0 Å². The first-order chi connectivity index (χ1) is 13.8. The molecule has 2 aromatic heterocycles. The number of nitrogen functional groups attached to an aromatic ring is 1. The van der Waals surface area contributed by atoms with Crippen molar-refractivity contribution in [3.05, 3.63) is 57.4 Å². The molecule has 0 fully saturated rings. The second-order valence-corrected chi connectivity index (χ2v) is 7.50. The Hall–Kier alpha value is -3.04. The fraction of sp³-hybridized carbons (Fsp3) is 0.211. The zero-order valence-electron chi connectivity index (χ0n) is 16.0. The number of rotatable bonds is 5. The number of halogens is 1. The molecule has 0 aliphatic heterocycles. The summed E-state index contributed by atoms with van der Waals surface area (Å²) in [6.07, 6.45) is 2.74. The van der Waals surface area contributed by atoms with E-state index < -0.39 is 5.97 Å². The van der Waals surface area contributed by atoms with Crippen LogP contribution >= 0.6 is 22.9 Å². The molecule has 0 saturated heterocycles. The van der Waals surface area contributed by atoms with E-state index in [0.29, 0.717) is 21.5 Å². The van der Waals surface area contributed by atoms with E-state index in [9.17, 15) is 9.59 Å². The number of amides is 1. The quantitative estimate of drug-likeness (QED) is 0.611. The van der Waals surface area contributed by atoms with Crippen molar-refractivity contribution in [3.63, 3.8) is 0 Å². The molecule has 1 amide bonds. The van der Waals surface area contributed by atoms with Gasteiger partial charge in [0.15, 0.2) is 16.6 Å². The number of benzene rings is 1. The summed E-state index contributed by atoms with van der Waals surface area (Å²) in [5.41, 5.74) is 8.47. The monoisotopic (exact) mass is 431 g/mol. The van der Waals surface area contributed by atoms with Crippen molar-refractivity contribution in [3.8, 4) is 0 Å². The van der Waals surface area contributed by atoms with Crippen LogP contribution in [0.3, 0.4) is 0 Å². The molecule has 150 valence electrons. The van der Waals surface area contributed by atoms with Gasteiger partial charge in [0.05, 0.1) is 16.4 Å². The van der Waals surface area contributed by atoms with E-state index in [4.69, 9.17) is 22.1 Å². The Balaban J connectivity index is 1.81. The highest BCUT2D eigenvalue weighted by molar-refractivity contribution is 7.14. The van der Waals surface area contributed by atoms with Crippen LogP contribution in [0.1, 0.15) is 34.2 Å². The predicted molar refractivity (Wildman–Crippen MR) is 111 cm³/mol. The van der Waals surface area contributed by atoms with Crippen LogP contribution in [-0.2, 0) is 16.1 Å². The van der Waals surface area contributed by atoms with E-state index in [0.717, 1.165) is 11.1 Å². The topological polar surface area (TPSA) is 111 Å². The number of carbonyl (C=O) groups is 2. The van der Waals surface area contributed by atoms with E-state index in [1.54, 1.807) is 11.4 Å². The van der Waals surface area contributed by atoms with Gasteiger partial charge in [-0.15, -0.1) is 11.3 Å². The van der Waals surface area contributed by atoms with Crippen LogP contribution in [0.5, 0.6) is 0 Å². The fourth-order valence-electron chi connectivity index (χ4n) is 2.76. The number of anilines is 3. The molecule has 0 spiro atoms. The first-order valence-electron chi connectivity index (χ1n) is 8.53. The lowest BCUT2D eigenvalue weighted by atomic mass is 10.1. The third-order valence-electron chi connectivity index (χ3n) is 3.94. The van der Waals surface area contributed by atoms with Crippen LogP contribution in [0.25, 0.3) is 0 Å². The van der Waals surface area contributed by atoms with Crippen molar-refractivity contribution in [2.24, 2.45) is 0 Å². The minimum atomic E-state index is -0.703. The lowest BCUT2D eigenvalue weighted by molar-refractivity contribution is -0.115. The number of nitrogens with zero attached hydrogens (tertiary/aromatic N) is 4. The van der Waals surface area contributed by atoms with Crippen LogP contribution in [0.2, 0.25) is 5.02 Å². The molecule has 2 heterocycles. The Labute approximate surface area is 176 Å². The third-order valence-corrected chi connectivity index (χ3v) is 5.10. The van der Waals surface area contributed by atoms with Crippen molar-refractivity contribution in [1.82, 2.24) is 15.0 Å². The third kappa shape index (κ3) is 4.52. The van der Waals surface area contributed by atoms with Crippen molar-refractivity contribution < 1.29 is 14.3 Å². The second-order valence-electron chi connectivity index (χ2n) is 6.25. The lowest BCUT2D eigenvalue weighted by Gasteiger charge is -2.22. The summed E-state index contributed by atoms with van der Waals surface area (Å²) in [6.45, 7) is 5.15. The number of aryl methyl sites for hydroxylation is 2. The van der Waals surface area contributed by atoms with Gasteiger partial charge in [-0.3, -0.25) is 9.69 Å². The maximum atomic E-state index is 12.4. The van der Waals surface area contributed by atoms with E-state index in [2.05, 4.69) is 15.0 Å². The predicted octanol–water partition coefficient (Wildman–Crippen LogP) is 3.83. The molecule has 0 unspecified atom stereocenters. The molecule has 29 heavy (non-hydrogen) atoms. The molecule has 2 N–H and O–H groups in total. The van der Waals surface area contributed by atoms with E-state index in [1.165, 1.54) is 35.6 Å². The molecule has 10 heteroatoms. The normalized spacial score (nSPS) is 10.6. The number of hydrogen-bond donors (Lipinski definition) is 1. The number of aromatic nitrogens is 3. The fourth-order valence-corrected chi connectivity index (χ4v) is 4.02. The Bertz CT molecular complexity index is 1060. The molecule has 3 rings (SSSR count). The zero-order chi connectivity index (χ0) is 21.1. The molecule has 0 atom stereocenters. The average Bonchev–Trinajstić information content (AvgIpc) is 3.11. The number of carbonyl (C=O) groups excluding carboxylic acids is 2. The highest BCUT2D eigenvalue weighted by Gasteiger charge is 2.23. The van der Waals surface area contributed by atoms with Gasteiger partial charge in [-0.25, -0.2) is 19.7 Å². The first kappa shape index (κ1) is 20.7. The first-order valence-corrected chi connectivity index (χ1v) is 9.79. The largest absolute Gasteiger partial charge is 0.454 e. The van der Waals surface area contributed by atoms with Crippen molar-refractivity contribution in [2.45, 2.75) is 27.4 Å². The molecule has 3 aromatic rings. The number of hydrogen-bond acceptors (Lipinski definition) is 8. The van der Waals surface area contributed by atoms with Gasteiger partial charge in [0.2, 0.25) is 5.91 Å². The Morgan fingerprint density at radius 2 is 1.97 bits per heavy atom. The summed E-state index contributed by atoms with van der Waals surface area (Å²) in [6, 6.07) is 3.74. The van der Waals surface area contributed by atoms with Gasteiger partial charge in [0.25, 0.3) is 0 Å². The summed E-state index contributed by atoms with van der Waals surface area (Å²) < 4.78 is 5.21. The second kappa shape index (κ2) is 8.54. The van der Waals surface area contributed by atoms with Gasteiger partial charge in [0.1, 0.15) is 6.61 Å². The number of ether oxygens (including phenoxy) is 1. The van der Waals surface area contributed by atoms with Crippen LogP contribution in [0.4, 0.5) is 16.6 Å². The van der Waals surface area contributed by atoms with E-state index in [1.807, 2.05) is 19.9 Å².